The normalized spacial score (nSPS) is 13.2. The highest BCUT2D eigenvalue weighted by atomic mass is 16.3. The van der Waals surface area contributed by atoms with Gasteiger partial charge in [-0.2, -0.15) is 0 Å². The Kier molecular flexibility index (Phi) is 3.37. The van der Waals surface area contributed by atoms with E-state index >= 15 is 0 Å². The van der Waals surface area contributed by atoms with Crippen molar-refractivity contribution in [2.24, 2.45) is 0 Å². The molecule has 6 heteroatoms. The van der Waals surface area contributed by atoms with E-state index in [1.165, 1.54) is 23.1 Å². The number of anilines is 1. The van der Waals surface area contributed by atoms with Crippen LogP contribution in [0, 0.1) is 0 Å². The second kappa shape index (κ2) is 5.24. The van der Waals surface area contributed by atoms with Crippen LogP contribution in [0.25, 0.3) is 0 Å². The molecule has 0 bridgehead atoms. The molecular formula is C17H14N2O4. The minimum Gasteiger partial charge on any atom is -0.507 e. The number of benzene rings is 2. The van der Waals surface area contributed by atoms with E-state index in [0.29, 0.717) is 11.1 Å². The molecule has 0 saturated carbocycles. The van der Waals surface area contributed by atoms with Crippen LogP contribution in [-0.2, 0) is 0 Å². The van der Waals surface area contributed by atoms with E-state index in [1.807, 2.05) is 0 Å². The fraction of sp³-hybridized carbons (Fsp3) is 0.118. The maximum absolute atomic E-state index is 12.5. The Hall–Kier alpha value is -3.15. The standard InChI is InChI=1S/C17H14N2O4/c1-18(2)15(21)13-9-10(7-8-14(13)20)19-16(22)11-5-3-4-6-12(11)17(19)23/h3-9,20H,1-2H3. The molecule has 0 atom stereocenters. The van der Waals surface area contributed by atoms with Crippen molar-refractivity contribution in [3.05, 3.63) is 59.2 Å². The largest absolute Gasteiger partial charge is 0.507 e. The molecule has 0 aromatic heterocycles. The molecule has 0 saturated heterocycles. The second-order valence-electron chi connectivity index (χ2n) is 5.39. The lowest BCUT2D eigenvalue weighted by atomic mass is 10.1. The first-order valence-electron chi connectivity index (χ1n) is 6.94. The number of phenols is 1. The Morgan fingerprint density at radius 2 is 1.57 bits per heavy atom. The molecule has 2 aromatic carbocycles. The average Bonchev–Trinajstić information content (AvgIpc) is 2.79. The van der Waals surface area contributed by atoms with Crippen molar-refractivity contribution in [2.45, 2.75) is 0 Å². The monoisotopic (exact) mass is 310 g/mol. The van der Waals surface area contributed by atoms with Crippen LogP contribution < -0.4 is 4.90 Å². The molecule has 1 heterocycles. The van der Waals surface area contributed by atoms with E-state index in [-0.39, 0.29) is 17.0 Å². The van der Waals surface area contributed by atoms with Gasteiger partial charge in [-0.1, -0.05) is 12.1 Å². The number of carbonyl (C=O) groups is 3. The van der Waals surface area contributed by atoms with E-state index in [4.69, 9.17) is 0 Å². The van der Waals surface area contributed by atoms with Crippen LogP contribution in [0.4, 0.5) is 5.69 Å². The molecule has 2 aromatic rings. The summed E-state index contributed by atoms with van der Waals surface area (Å²) < 4.78 is 0. The van der Waals surface area contributed by atoms with Gasteiger partial charge in [-0.15, -0.1) is 0 Å². The van der Waals surface area contributed by atoms with Crippen molar-refractivity contribution >= 4 is 23.4 Å². The van der Waals surface area contributed by atoms with Crippen LogP contribution in [-0.4, -0.2) is 41.8 Å². The van der Waals surface area contributed by atoms with Crippen LogP contribution in [0.2, 0.25) is 0 Å². The van der Waals surface area contributed by atoms with Gasteiger partial charge in [0.2, 0.25) is 0 Å². The molecule has 23 heavy (non-hydrogen) atoms. The van der Waals surface area contributed by atoms with Crippen LogP contribution in [0.1, 0.15) is 31.1 Å². The molecule has 0 spiro atoms. The van der Waals surface area contributed by atoms with Gasteiger partial charge in [0.05, 0.1) is 22.4 Å². The van der Waals surface area contributed by atoms with Gasteiger partial charge in [0.25, 0.3) is 17.7 Å². The number of hydrogen-bond acceptors (Lipinski definition) is 4. The fourth-order valence-corrected chi connectivity index (χ4v) is 2.50. The highest BCUT2D eigenvalue weighted by Gasteiger charge is 2.36. The summed E-state index contributed by atoms with van der Waals surface area (Å²) in [7, 11) is 3.10. The van der Waals surface area contributed by atoms with Crippen molar-refractivity contribution in [2.75, 3.05) is 19.0 Å². The quantitative estimate of drug-likeness (QED) is 0.859. The molecule has 1 aliphatic heterocycles. The summed E-state index contributed by atoms with van der Waals surface area (Å²) in [6, 6.07) is 10.6. The minimum absolute atomic E-state index is 0.0315. The van der Waals surface area contributed by atoms with E-state index < -0.39 is 17.7 Å². The van der Waals surface area contributed by atoms with Gasteiger partial charge < -0.3 is 10.0 Å². The fourth-order valence-electron chi connectivity index (χ4n) is 2.50. The smallest absolute Gasteiger partial charge is 0.266 e. The summed E-state index contributed by atoms with van der Waals surface area (Å²) in [6.07, 6.45) is 0. The van der Waals surface area contributed by atoms with Gasteiger partial charge in [0, 0.05) is 14.1 Å². The molecule has 3 rings (SSSR count). The number of fused-ring (bicyclic) bond motifs is 1. The van der Waals surface area contributed by atoms with Crippen molar-refractivity contribution < 1.29 is 19.5 Å². The predicted molar refractivity (Wildman–Crippen MR) is 83.7 cm³/mol. The highest BCUT2D eigenvalue weighted by Crippen LogP contribution is 2.31. The maximum Gasteiger partial charge on any atom is 0.266 e. The Morgan fingerprint density at radius 1 is 1.00 bits per heavy atom. The van der Waals surface area contributed by atoms with E-state index in [0.717, 1.165) is 4.90 Å². The zero-order chi connectivity index (χ0) is 16.7. The zero-order valence-electron chi connectivity index (χ0n) is 12.6. The third-order valence-corrected chi connectivity index (χ3v) is 3.67. The van der Waals surface area contributed by atoms with E-state index in [1.54, 1.807) is 38.4 Å². The van der Waals surface area contributed by atoms with Gasteiger partial charge in [-0.25, -0.2) is 4.90 Å². The summed E-state index contributed by atoms with van der Waals surface area (Å²) in [5, 5.41) is 9.87. The lowest BCUT2D eigenvalue weighted by Gasteiger charge is -2.17. The van der Waals surface area contributed by atoms with Crippen LogP contribution >= 0.6 is 0 Å². The zero-order valence-corrected chi connectivity index (χ0v) is 12.6. The maximum atomic E-state index is 12.5. The number of hydrogen-bond donors (Lipinski definition) is 1. The van der Waals surface area contributed by atoms with Crippen LogP contribution in [0.5, 0.6) is 5.75 Å². The molecule has 0 fully saturated rings. The van der Waals surface area contributed by atoms with Gasteiger partial charge in [-0.3, -0.25) is 14.4 Å². The molecule has 0 radical (unpaired) electrons. The Morgan fingerprint density at radius 3 is 2.09 bits per heavy atom. The molecule has 1 N–H and O–H groups in total. The second-order valence-corrected chi connectivity index (χ2v) is 5.39. The average molecular weight is 310 g/mol. The molecule has 6 nitrogen and oxygen atoms in total. The van der Waals surface area contributed by atoms with Crippen molar-refractivity contribution in [3.8, 4) is 5.75 Å². The first kappa shape index (κ1) is 14.8. The summed E-state index contributed by atoms with van der Waals surface area (Å²) >= 11 is 0. The van der Waals surface area contributed by atoms with E-state index in [2.05, 4.69) is 0 Å². The third-order valence-electron chi connectivity index (χ3n) is 3.67. The predicted octanol–water partition coefficient (Wildman–Crippen LogP) is 1.89. The highest BCUT2D eigenvalue weighted by molar-refractivity contribution is 6.34. The first-order valence-corrected chi connectivity index (χ1v) is 6.94. The Bertz CT molecular complexity index is 807. The van der Waals surface area contributed by atoms with Gasteiger partial charge in [-0.05, 0) is 30.3 Å². The van der Waals surface area contributed by atoms with Crippen molar-refractivity contribution in [1.29, 1.82) is 0 Å². The van der Waals surface area contributed by atoms with Crippen LogP contribution in [0.15, 0.2) is 42.5 Å². The number of rotatable bonds is 2. The van der Waals surface area contributed by atoms with Gasteiger partial charge >= 0.3 is 0 Å². The number of imide groups is 1. The number of phenolic OH excluding ortho intramolecular Hbond substituents is 1. The molecular weight excluding hydrogens is 296 g/mol. The van der Waals surface area contributed by atoms with Crippen molar-refractivity contribution in [3.63, 3.8) is 0 Å². The summed E-state index contributed by atoms with van der Waals surface area (Å²) in [6.45, 7) is 0. The molecule has 0 unspecified atom stereocenters. The van der Waals surface area contributed by atoms with Crippen LogP contribution in [0.3, 0.4) is 0 Å². The molecule has 0 aliphatic carbocycles. The number of aromatic hydroxyl groups is 1. The Balaban J connectivity index is 2.07. The first-order chi connectivity index (χ1) is 10.9. The number of carbonyl (C=O) groups excluding carboxylic acids is 3. The molecule has 3 amide bonds. The molecule has 116 valence electrons. The minimum atomic E-state index is -0.445. The van der Waals surface area contributed by atoms with E-state index in [9.17, 15) is 19.5 Å². The lowest BCUT2D eigenvalue weighted by molar-refractivity contribution is 0.0822. The third kappa shape index (κ3) is 2.24. The van der Waals surface area contributed by atoms with Crippen molar-refractivity contribution in [1.82, 2.24) is 4.90 Å². The topological polar surface area (TPSA) is 77.9 Å². The molecule has 1 aliphatic rings. The summed E-state index contributed by atoms with van der Waals surface area (Å²) in [5.74, 6) is -1.51. The lowest BCUT2D eigenvalue weighted by Crippen LogP contribution is -2.30. The van der Waals surface area contributed by atoms with Gasteiger partial charge in [0.15, 0.2) is 0 Å². The Labute approximate surface area is 132 Å². The summed E-state index contributed by atoms with van der Waals surface area (Å²) in [4.78, 5) is 39.3. The number of nitrogens with zero attached hydrogens (tertiary/aromatic N) is 2. The number of amides is 3. The summed E-state index contributed by atoms with van der Waals surface area (Å²) in [5.41, 5.74) is 0.931. The van der Waals surface area contributed by atoms with Gasteiger partial charge in [0.1, 0.15) is 5.75 Å². The SMILES string of the molecule is CN(C)C(=O)c1cc(N2C(=O)c3ccccc3C2=O)ccc1O.